The Labute approximate surface area is 112 Å². The molecule has 1 heterocycles. The van der Waals surface area contributed by atoms with Gasteiger partial charge < -0.3 is 16.4 Å². The number of carbonyl (C=O) groups excluding carboxylic acids is 2. The van der Waals surface area contributed by atoms with E-state index >= 15 is 0 Å². The van der Waals surface area contributed by atoms with Crippen molar-refractivity contribution in [3.8, 4) is 0 Å². The maximum Gasteiger partial charge on any atom is 0.242 e. The predicted molar refractivity (Wildman–Crippen MR) is 73.6 cm³/mol. The van der Waals surface area contributed by atoms with Crippen molar-refractivity contribution < 1.29 is 9.59 Å². The highest BCUT2D eigenvalue weighted by molar-refractivity contribution is 5.86. The van der Waals surface area contributed by atoms with Gasteiger partial charge in [-0.25, -0.2) is 0 Å². The van der Waals surface area contributed by atoms with Gasteiger partial charge in [0.15, 0.2) is 0 Å². The molecule has 0 radical (unpaired) electrons. The molecule has 1 aliphatic rings. The van der Waals surface area contributed by atoms with Crippen LogP contribution in [0.1, 0.15) is 25.3 Å². The van der Waals surface area contributed by atoms with E-state index in [1.165, 1.54) is 5.56 Å². The van der Waals surface area contributed by atoms with Crippen molar-refractivity contribution in [2.24, 2.45) is 5.73 Å². The lowest BCUT2D eigenvalue weighted by molar-refractivity contribution is -0.123. The number of carbonyl (C=O) groups is 2. The van der Waals surface area contributed by atoms with Gasteiger partial charge in [-0.2, -0.15) is 0 Å². The van der Waals surface area contributed by atoms with E-state index in [1.54, 1.807) is 6.92 Å². The predicted octanol–water partition coefficient (Wildman–Crippen LogP) is 0.793. The van der Waals surface area contributed by atoms with Crippen LogP contribution < -0.4 is 16.4 Å². The first-order valence-corrected chi connectivity index (χ1v) is 6.49. The third-order valence-electron chi connectivity index (χ3n) is 3.26. The minimum Gasteiger partial charge on any atom is -0.373 e. The number of para-hydroxylation sites is 1. The summed E-state index contributed by atoms with van der Waals surface area (Å²) in [6.45, 7) is 1.78. The topological polar surface area (TPSA) is 84.2 Å². The molecule has 0 bridgehead atoms. The van der Waals surface area contributed by atoms with Gasteiger partial charge in [0.05, 0.1) is 0 Å². The van der Waals surface area contributed by atoms with E-state index in [0.717, 1.165) is 18.5 Å². The van der Waals surface area contributed by atoms with Crippen molar-refractivity contribution in [3.05, 3.63) is 29.8 Å². The molecule has 0 aliphatic carbocycles. The van der Waals surface area contributed by atoms with Crippen molar-refractivity contribution >= 4 is 17.5 Å². The Morgan fingerprint density at radius 1 is 1.47 bits per heavy atom. The van der Waals surface area contributed by atoms with Gasteiger partial charge >= 0.3 is 0 Å². The second-order valence-corrected chi connectivity index (χ2v) is 4.97. The molecule has 4 N–H and O–H groups in total. The number of hydrogen-bond donors (Lipinski definition) is 3. The normalized spacial score (nSPS) is 18.9. The van der Waals surface area contributed by atoms with Crippen molar-refractivity contribution in [2.75, 3.05) is 5.32 Å². The molecule has 5 nitrogen and oxygen atoms in total. The minimum atomic E-state index is -0.408. The lowest BCUT2D eigenvalue weighted by Gasteiger charge is -2.27. The lowest BCUT2D eigenvalue weighted by atomic mass is 9.97. The molecule has 19 heavy (non-hydrogen) atoms. The fourth-order valence-corrected chi connectivity index (χ4v) is 2.33. The molecule has 0 spiro atoms. The van der Waals surface area contributed by atoms with E-state index in [1.807, 2.05) is 18.2 Å². The summed E-state index contributed by atoms with van der Waals surface area (Å²) in [4.78, 5) is 22.9. The highest BCUT2D eigenvalue weighted by atomic mass is 16.2. The maximum atomic E-state index is 12.1. The molecule has 0 saturated heterocycles. The number of fused-ring (bicyclic) bond motifs is 1. The summed E-state index contributed by atoms with van der Waals surface area (Å²) in [5.74, 6) is -0.488. The molecule has 1 aromatic rings. The first-order valence-electron chi connectivity index (χ1n) is 6.49. The van der Waals surface area contributed by atoms with Gasteiger partial charge in [0.25, 0.3) is 0 Å². The standard InChI is InChI=1S/C14H19N3O2/c1-9(8-13(15)18)16-14(19)12-7-6-10-4-2-3-5-11(10)17-12/h2-5,9,12,17H,6-8H2,1H3,(H2,15,18)(H,16,19). The Morgan fingerprint density at radius 3 is 2.95 bits per heavy atom. The van der Waals surface area contributed by atoms with Crippen LogP contribution in [0.5, 0.6) is 0 Å². The van der Waals surface area contributed by atoms with Crippen molar-refractivity contribution in [3.63, 3.8) is 0 Å². The number of aryl methyl sites for hydroxylation is 1. The van der Waals surface area contributed by atoms with Crippen LogP contribution in [-0.4, -0.2) is 23.9 Å². The summed E-state index contributed by atoms with van der Waals surface area (Å²) in [6, 6.07) is 7.50. The molecule has 1 aliphatic heterocycles. The van der Waals surface area contributed by atoms with Crippen LogP contribution in [0.2, 0.25) is 0 Å². The Hall–Kier alpha value is -2.04. The van der Waals surface area contributed by atoms with Gasteiger partial charge in [-0.3, -0.25) is 9.59 Å². The van der Waals surface area contributed by atoms with E-state index in [9.17, 15) is 9.59 Å². The first-order chi connectivity index (χ1) is 9.06. The van der Waals surface area contributed by atoms with Crippen LogP contribution in [0, 0.1) is 0 Å². The number of primary amides is 1. The largest absolute Gasteiger partial charge is 0.373 e. The summed E-state index contributed by atoms with van der Waals surface area (Å²) >= 11 is 0. The molecule has 2 rings (SSSR count). The summed E-state index contributed by atoms with van der Waals surface area (Å²) < 4.78 is 0. The lowest BCUT2D eigenvalue weighted by Crippen LogP contribution is -2.46. The van der Waals surface area contributed by atoms with Crippen molar-refractivity contribution in [1.29, 1.82) is 0 Å². The van der Waals surface area contributed by atoms with Gasteiger partial charge in [-0.15, -0.1) is 0 Å². The number of benzene rings is 1. The van der Waals surface area contributed by atoms with Crippen LogP contribution in [0.3, 0.4) is 0 Å². The van der Waals surface area contributed by atoms with Crippen LogP contribution in [-0.2, 0) is 16.0 Å². The summed E-state index contributed by atoms with van der Waals surface area (Å²) in [5.41, 5.74) is 7.35. The number of amides is 2. The van der Waals surface area contributed by atoms with Crippen LogP contribution >= 0.6 is 0 Å². The molecule has 1 aromatic carbocycles. The molecule has 102 valence electrons. The monoisotopic (exact) mass is 261 g/mol. The molecule has 5 heteroatoms. The summed E-state index contributed by atoms with van der Waals surface area (Å²) in [5, 5.41) is 6.04. The number of rotatable bonds is 4. The van der Waals surface area contributed by atoms with Crippen molar-refractivity contribution in [1.82, 2.24) is 5.32 Å². The molecule has 0 aromatic heterocycles. The van der Waals surface area contributed by atoms with Gasteiger partial charge in [-0.1, -0.05) is 18.2 Å². The van der Waals surface area contributed by atoms with Gasteiger partial charge in [-0.05, 0) is 31.4 Å². The molecular weight excluding hydrogens is 242 g/mol. The highest BCUT2D eigenvalue weighted by Gasteiger charge is 2.24. The minimum absolute atomic E-state index is 0.0803. The SMILES string of the molecule is CC(CC(N)=O)NC(=O)C1CCc2ccccc2N1. The highest BCUT2D eigenvalue weighted by Crippen LogP contribution is 2.24. The Bertz CT molecular complexity index is 487. The number of nitrogens with two attached hydrogens (primary N) is 1. The Balaban J connectivity index is 1.93. The van der Waals surface area contributed by atoms with E-state index in [-0.39, 0.29) is 24.4 Å². The van der Waals surface area contributed by atoms with E-state index < -0.39 is 5.91 Å². The van der Waals surface area contributed by atoms with Crippen molar-refractivity contribution in [2.45, 2.75) is 38.3 Å². The molecule has 0 saturated carbocycles. The van der Waals surface area contributed by atoms with Gasteiger partial charge in [0, 0.05) is 18.2 Å². The van der Waals surface area contributed by atoms with Gasteiger partial charge in [0.1, 0.15) is 6.04 Å². The van der Waals surface area contributed by atoms with E-state index in [0.29, 0.717) is 0 Å². The van der Waals surface area contributed by atoms with E-state index in [2.05, 4.69) is 16.7 Å². The molecular formula is C14H19N3O2. The third kappa shape index (κ3) is 3.47. The molecule has 2 unspecified atom stereocenters. The second kappa shape index (κ2) is 5.73. The summed E-state index contributed by atoms with van der Waals surface area (Å²) in [7, 11) is 0. The summed E-state index contributed by atoms with van der Waals surface area (Å²) in [6.07, 6.45) is 1.80. The maximum absolute atomic E-state index is 12.1. The number of anilines is 1. The average molecular weight is 261 g/mol. The average Bonchev–Trinajstić information content (AvgIpc) is 2.37. The third-order valence-corrected chi connectivity index (χ3v) is 3.26. The molecule has 2 amide bonds. The van der Waals surface area contributed by atoms with Crippen LogP contribution in [0.15, 0.2) is 24.3 Å². The number of hydrogen-bond acceptors (Lipinski definition) is 3. The van der Waals surface area contributed by atoms with Crippen LogP contribution in [0.25, 0.3) is 0 Å². The van der Waals surface area contributed by atoms with Crippen LogP contribution in [0.4, 0.5) is 5.69 Å². The van der Waals surface area contributed by atoms with E-state index in [4.69, 9.17) is 5.73 Å². The zero-order valence-electron chi connectivity index (χ0n) is 11.0. The fourth-order valence-electron chi connectivity index (χ4n) is 2.33. The smallest absolute Gasteiger partial charge is 0.242 e. The van der Waals surface area contributed by atoms with Gasteiger partial charge in [0.2, 0.25) is 11.8 Å². The fraction of sp³-hybridized carbons (Fsp3) is 0.429. The Kier molecular flexibility index (Phi) is 4.04. The Morgan fingerprint density at radius 2 is 2.21 bits per heavy atom. The zero-order chi connectivity index (χ0) is 13.8. The first kappa shape index (κ1) is 13.4. The zero-order valence-corrected chi connectivity index (χ0v) is 11.0. The molecule has 0 fully saturated rings. The second-order valence-electron chi connectivity index (χ2n) is 4.97. The molecule has 2 atom stereocenters. The quantitative estimate of drug-likeness (QED) is 0.749. The number of nitrogens with one attached hydrogen (secondary N) is 2.